The third-order valence-corrected chi connectivity index (χ3v) is 6.90. The van der Waals surface area contributed by atoms with Gasteiger partial charge in [-0.15, -0.1) is 0 Å². The van der Waals surface area contributed by atoms with Gasteiger partial charge in [-0.05, 0) is 81.3 Å². The standard InChI is InChI=1S/C24H27FN2O3.C6H13NO/c1-24(2)15-21(26-30-24)18-5-8-22(28)20(14-18)23(29)27-11-9-17(10-12-27)13-16-3-6-19(25)7-4-16;1-2-3-4-5-7-6-8/h3-8,14,17,28H,9-13,15H2,1-2H3;6H,2-5H2,1H3,(H,7,8). The molecule has 2 aromatic rings. The molecule has 206 valence electrons. The molecule has 1 saturated heterocycles. The SMILES string of the molecule is CC1(C)CC(c2ccc(O)c(C(=O)N3CCC(Cc4ccc(F)cc4)CC3)c2)=NO1.CCCCCNC=O. The molecule has 2 aromatic carbocycles. The summed E-state index contributed by atoms with van der Waals surface area (Å²) >= 11 is 0. The number of nitrogens with one attached hydrogen (secondary N) is 1. The molecule has 2 heterocycles. The minimum Gasteiger partial charge on any atom is -0.507 e. The first kappa shape index (κ1) is 29.1. The molecule has 0 radical (unpaired) electrons. The number of nitrogens with zero attached hydrogens (tertiary/aromatic N) is 2. The highest BCUT2D eigenvalue weighted by atomic mass is 19.1. The quantitative estimate of drug-likeness (QED) is 0.336. The summed E-state index contributed by atoms with van der Waals surface area (Å²) in [6.07, 6.45) is 7.59. The van der Waals surface area contributed by atoms with Gasteiger partial charge >= 0.3 is 0 Å². The summed E-state index contributed by atoms with van der Waals surface area (Å²) in [7, 11) is 0. The van der Waals surface area contributed by atoms with Gasteiger partial charge in [0, 0.05) is 31.6 Å². The van der Waals surface area contributed by atoms with Crippen LogP contribution in [0, 0.1) is 11.7 Å². The number of phenolic OH excluding ortho intramolecular Hbond substituents is 1. The first-order valence-electron chi connectivity index (χ1n) is 13.5. The molecule has 2 N–H and O–H groups in total. The lowest BCUT2D eigenvalue weighted by Gasteiger charge is -2.32. The fourth-order valence-corrected chi connectivity index (χ4v) is 4.69. The van der Waals surface area contributed by atoms with E-state index in [9.17, 15) is 19.1 Å². The molecule has 1 fully saturated rings. The van der Waals surface area contributed by atoms with Crippen molar-refractivity contribution in [1.29, 1.82) is 0 Å². The van der Waals surface area contributed by atoms with Crippen molar-refractivity contribution in [3.05, 3.63) is 65.0 Å². The lowest BCUT2D eigenvalue weighted by molar-refractivity contribution is -0.109. The van der Waals surface area contributed by atoms with Crippen molar-refractivity contribution in [2.75, 3.05) is 19.6 Å². The van der Waals surface area contributed by atoms with Crippen LogP contribution < -0.4 is 5.32 Å². The van der Waals surface area contributed by atoms with Crippen LogP contribution >= 0.6 is 0 Å². The number of oxime groups is 1. The fourth-order valence-electron chi connectivity index (χ4n) is 4.69. The van der Waals surface area contributed by atoms with Crippen LogP contribution in [0.15, 0.2) is 47.6 Å². The Kier molecular flexibility index (Phi) is 10.7. The normalized spacial score (nSPS) is 16.6. The van der Waals surface area contributed by atoms with Crippen LogP contribution in [0.1, 0.15) is 80.8 Å². The minimum atomic E-state index is -0.357. The van der Waals surface area contributed by atoms with E-state index in [0.717, 1.165) is 55.5 Å². The molecular weight excluding hydrogens is 485 g/mol. The molecule has 2 aliphatic rings. The Balaban J connectivity index is 0.000000436. The number of piperidine rings is 1. The van der Waals surface area contributed by atoms with Crippen molar-refractivity contribution in [2.24, 2.45) is 11.1 Å². The molecule has 2 aliphatic heterocycles. The Bertz CT molecular complexity index is 1090. The highest BCUT2D eigenvalue weighted by Crippen LogP contribution is 2.29. The van der Waals surface area contributed by atoms with Crippen molar-refractivity contribution in [3.63, 3.8) is 0 Å². The van der Waals surface area contributed by atoms with Gasteiger partial charge < -0.3 is 20.2 Å². The number of aromatic hydroxyl groups is 1. The molecule has 0 atom stereocenters. The van der Waals surface area contributed by atoms with Crippen LogP contribution in [0.3, 0.4) is 0 Å². The van der Waals surface area contributed by atoms with Crippen LogP contribution in [-0.4, -0.2) is 53.3 Å². The van der Waals surface area contributed by atoms with E-state index in [4.69, 9.17) is 4.84 Å². The Morgan fingerprint density at radius 1 is 1.18 bits per heavy atom. The van der Waals surface area contributed by atoms with Crippen LogP contribution in [0.2, 0.25) is 0 Å². The molecule has 0 spiro atoms. The maximum absolute atomic E-state index is 13.1. The van der Waals surface area contributed by atoms with Gasteiger partial charge in [0.05, 0.1) is 11.3 Å². The summed E-state index contributed by atoms with van der Waals surface area (Å²) in [4.78, 5) is 30.0. The molecule has 4 rings (SSSR count). The van der Waals surface area contributed by atoms with E-state index in [1.165, 1.54) is 25.0 Å². The molecule has 0 unspecified atom stereocenters. The monoisotopic (exact) mass is 525 g/mol. The second-order valence-corrected chi connectivity index (χ2v) is 10.6. The summed E-state index contributed by atoms with van der Waals surface area (Å²) in [6.45, 7) is 8.19. The van der Waals surface area contributed by atoms with Gasteiger partial charge in [-0.3, -0.25) is 9.59 Å². The molecule has 2 amide bonds. The number of carbonyl (C=O) groups is 2. The van der Waals surface area contributed by atoms with Crippen molar-refractivity contribution in [3.8, 4) is 5.75 Å². The minimum absolute atomic E-state index is 0.0176. The lowest BCUT2D eigenvalue weighted by atomic mass is 9.89. The van der Waals surface area contributed by atoms with Crippen molar-refractivity contribution in [2.45, 2.75) is 71.3 Å². The number of amides is 2. The van der Waals surface area contributed by atoms with E-state index in [2.05, 4.69) is 17.4 Å². The molecule has 7 nitrogen and oxygen atoms in total. The Morgan fingerprint density at radius 3 is 2.50 bits per heavy atom. The van der Waals surface area contributed by atoms with Crippen LogP contribution in [0.5, 0.6) is 5.75 Å². The highest BCUT2D eigenvalue weighted by molar-refractivity contribution is 6.05. The third-order valence-electron chi connectivity index (χ3n) is 6.90. The number of unbranched alkanes of at least 4 members (excludes halogenated alkanes) is 2. The van der Waals surface area contributed by atoms with Crippen molar-refractivity contribution in [1.82, 2.24) is 10.2 Å². The molecule has 0 aliphatic carbocycles. The van der Waals surface area contributed by atoms with Crippen molar-refractivity contribution >= 4 is 18.0 Å². The molecular formula is C30H40FN3O4. The number of halogens is 1. The second-order valence-electron chi connectivity index (χ2n) is 10.6. The molecule has 0 bridgehead atoms. The topological polar surface area (TPSA) is 91.2 Å². The van der Waals surface area contributed by atoms with Gasteiger partial charge in [-0.25, -0.2) is 4.39 Å². The number of hydrogen-bond acceptors (Lipinski definition) is 5. The second kappa shape index (κ2) is 13.9. The van der Waals surface area contributed by atoms with Crippen LogP contribution in [0.4, 0.5) is 4.39 Å². The van der Waals surface area contributed by atoms with Gasteiger partial charge in [-0.1, -0.05) is 37.1 Å². The number of likely N-dealkylation sites (tertiary alicyclic amines) is 1. The number of phenols is 1. The van der Waals surface area contributed by atoms with Gasteiger partial charge in [0.1, 0.15) is 17.2 Å². The van der Waals surface area contributed by atoms with E-state index in [1.807, 2.05) is 26.0 Å². The van der Waals surface area contributed by atoms with Gasteiger partial charge in [-0.2, -0.15) is 0 Å². The summed E-state index contributed by atoms with van der Waals surface area (Å²) in [5.41, 5.74) is 2.65. The molecule has 8 heteroatoms. The first-order chi connectivity index (χ1) is 18.2. The third kappa shape index (κ3) is 8.57. The highest BCUT2D eigenvalue weighted by Gasteiger charge is 2.31. The van der Waals surface area contributed by atoms with Gasteiger partial charge in [0.2, 0.25) is 6.41 Å². The van der Waals surface area contributed by atoms with Crippen molar-refractivity contribution < 1.29 is 23.9 Å². The summed E-state index contributed by atoms with van der Waals surface area (Å²) in [5, 5.41) is 17.0. The largest absolute Gasteiger partial charge is 0.507 e. The lowest BCUT2D eigenvalue weighted by Crippen LogP contribution is -2.39. The number of benzene rings is 2. The summed E-state index contributed by atoms with van der Waals surface area (Å²) in [5.74, 6) is 0.0656. The number of hydrogen-bond donors (Lipinski definition) is 2. The van der Waals surface area contributed by atoms with E-state index < -0.39 is 0 Å². The van der Waals surface area contributed by atoms with E-state index >= 15 is 0 Å². The van der Waals surface area contributed by atoms with Gasteiger partial charge in [0.25, 0.3) is 5.91 Å². The van der Waals surface area contributed by atoms with E-state index in [0.29, 0.717) is 31.0 Å². The van der Waals surface area contributed by atoms with Gasteiger partial charge in [0.15, 0.2) is 0 Å². The zero-order valence-electron chi connectivity index (χ0n) is 22.7. The summed E-state index contributed by atoms with van der Waals surface area (Å²) in [6, 6.07) is 11.7. The number of carbonyl (C=O) groups excluding carboxylic acids is 2. The van der Waals surface area contributed by atoms with Crippen LogP contribution in [-0.2, 0) is 16.1 Å². The Hall–Kier alpha value is -3.42. The first-order valence-corrected chi connectivity index (χ1v) is 13.5. The zero-order chi connectivity index (χ0) is 27.5. The predicted molar refractivity (Wildman–Crippen MR) is 147 cm³/mol. The molecule has 38 heavy (non-hydrogen) atoms. The Labute approximate surface area is 225 Å². The maximum atomic E-state index is 13.1. The smallest absolute Gasteiger partial charge is 0.257 e. The average molecular weight is 526 g/mol. The zero-order valence-corrected chi connectivity index (χ0v) is 22.7. The molecule has 0 saturated carbocycles. The fraction of sp³-hybridized carbons (Fsp3) is 0.500. The Morgan fingerprint density at radius 2 is 1.89 bits per heavy atom. The average Bonchev–Trinajstić information content (AvgIpc) is 3.28. The van der Waals surface area contributed by atoms with E-state index in [1.54, 1.807) is 23.1 Å². The van der Waals surface area contributed by atoms with Crippen LogP contribution in [0.25, 0.3) is 0 Å². The summed E-state index contributed by atoms with van der Waals surface area (Å²) < 4.78 is 13.1. The number of rotatable bonds is 9. The predicted octanol–water partition coefficient (Wildman–Crippen LogP) is 5.45. The maximum Gasteiger partial charge on any atom is 0.257 e. The van der Waals surface area contributed by atoms with E-state index in [-0.39, 0.29) is 23.1 Å². The molecule has 0 aromatic heterocycles.